The minimum absolute atomic E-state index is 0.0337. The highest BCUT2D eigenvalue weighted by molar-refractivity contribution is 9.10. The van der Waals surface area contributed by atoms with Crippen LogP contribution >= 0.6 is 27.5 Å². The third-order valence-corrected chi connectivity index (χ3v) is 2.89. The highest BCUT2D eigenvalue weighted by Gasteiger charge is 2.06. The van der Waals surface area contributed by atoms with E-state index in [-0.39, 0.29) is 11.9 Å². The van der Waals surface area contributed by atoms with Crippen LogP contribution in [0.15, 0.2) is 34.9 Å². The Labute approximate surface area is 106 Å². The van der Waals surface area contributed by atoms with E-state index in [4.69, 9.17) is 16.7 Å². The van der Waals surface area contributed by atoms with Gasteiger partial charge in [0.05, 0.1) is 16.8 Å². The van der Waals surface area contributed by atoms with Crippen molar-refractivity contribution in [3.63, 3.8) is 0 Å². The van der Waals surface area contributed by atoms with E-state index in [0.29, 0.717) is 0 Å². The average molecular weight is 300 g/mol. The first-order valence-corrected chi connectivity index (χ1v) is 5.76. The lowest BCUT2D eigenvalue weighted by atomic mass is 10.1. The summed E-state index contributed by atoms with van der Waals surface area (Å²) in [5, 5.41) is 9.15. The summed E-state index contributed by atoms with van der Waals surface area (Å²) in [5.41, 5.74) is 2.53. The molecular weight excluding hydrogens is 291 g/mol. The number of aliphatic hydroxyl groups excluding tert-OH is 1. The molecule has 0 amide bonds. The zero-order valence-corrected chi connectivity index (χ0v) is 10.5. The Kier molecular flexibility index (Phi) is 3.53. The summed E-state index contributed by atoms with van der Waals surface area (Å²) in [4.78, 5) is 8.01. The van der Waals surface area contributed by atoms with Gasteiger partial charge >= 0.3 is 0 Å². The molecule has 2 rings (SSSR count). The lowest BCUT2D eigenvalue weighted by molar-refractivity contribution is 0.282. The van der Waals surface area contributed by atoms with Gasteiger partial charge in [-0.05, 0) is 33.1 Å². The van der Waals surface area contributed by atoms with Gasteiger partial charge in [0.25, 0.3) is 0 Å². The quantitative estimate of drug-likeness (QED) is 0.867. The summed E-state index contributed by atoms with van der Waals surface area (Å²) in [6, 6.07) is 7.46. The van der Waals surface area contributed by atoms with Crippen LogP contribution in [-0.4, -0.2) is 15.1 Å². The Hall–Kier alpha value is -0.970. The lowest BCUT2D eigenvalue weighted by Gasteiger charge is -2.04. The molecule has 5 heteroatoms. The Morgan fingerprint density at radius 2 is 1.94 bits per heavy atom. The first kappa shape index (κ1) is 11.5. The zero-order valence-electron chi connectivity index (χ0n) is 8.19. The maximum absolute atomic E-state index is 8.94. The van der Waals surface area contributed by atoms with Crippen LogP contribution in [0.1, 0.15) is 5.56 Å². The van der Waals surface area contributed by atoms with Crippen molar-refractivity contribution in [1.29, 1.82) is 0 Å². The molecule has 0 aliphatic heterocycles. The molecular formula is C11H8BrClN2O. The number of aromatic nitrogens is 2. The minimum atomic E-state index is 0.0337. The van der Waals surface area contributed by atoms with Crippen LogP contribution in [0.25, 0.3) is 11.3 Å². The maximum atomic E-state index is 8.94. The molecule has 82 valence electrons. The van der Waals surface area contributed by atoms with Gasteiger partial charge in [0.1, 0.15) is 0 Å². The van der Waals surface area contributed by atoms with Crippen molar-refractivity contribution < 1.29 is 5.11 Å². The highest BCUT2D eigenvalue weighted by atomic mass is 79.9. The van der Waals surface area contributed by atoms with Gasteiger partial charge in [0.15, 0.2) is 0 Å². The molecule has 1 aromatic carbocycles. The largest absolute Gasteiger partial charge is 0.392 e. The molecule has 0 fully saturated rings. The van der Waals surface area contributed by atoms with E-state index in [2.05, 4.69) is 25.9 Å². The van der Waals surface area contributed by atoms with Crippen molar-refractivity contribution >= 4 is 27.5 Å². The van der Waals surface area contributed by atoms with Gasteiger partial charge in [-0.25, -0.2) is 9.97 Å². The van der Waals surface area contributed by atoms with Crippen molar-refractivity contribution in [2.24, 2.45) is 0 Å². The van der Waals surface area contributed by atoms with Gasteiger partial charge < -0.3 is 5.11 Å². The number of nitrogens with zero attached hydrogens (tertiary/aromatic N) is 2. The fraction of sp³-hybridized carbons (Fsp3) is 0.0909. The molecule has 0 unspecified atom stereocenters. The Balaban J connectivity index is 2.45. The molecule has 0 radical (unpaired) electrons. The zero-order chi connectivity index (χ0) is 11.5. The predicted molar refractivity (Wildman–Crippen MR) is 66.1 cm³/mol. The Morgan fingerprint density at radius 3 is 2.56 bits per heavy atom. The third-order valence-electron chi connectivity index (χ3n) is 2.12. The second kappa shape index (κ2) is 4.91. The smallest absolute Gasteiger partial charge is 0.222 e. The standard InChI is InChI=1S/C11H8BrClN2O/c12-9-5-14-11(13)15-10(9)8-3-1-7(6-16)2-4-8/h1-5,16H,6H2. The summed E-state index contributed by atoms with van der Waals surface area (Å²) in [6.07, 6.45) is 1.62. The van der Waals surface area contributed by atoms with E-state index in [9.17, 15) is 0 Å². The second-order valence-corrected chi connectivity index (χ2v) is 4.38. The fourth-order valence-electron chi connectivity index (χ4n) is 1.32. The number of aliphatic hydroxyl groups is 1. The van der Waals surface area contributed by atoms with Crippen LogP contribution in [0.3, 0.4) is 0 Å². The summed E-state index contributed by atoms with van der Waals surface area (Å²) < 4.78 is 0.786. The summed E-state index contributed by atoms with van der Waals surface area (Å²) in [6.45, 7) is 0.0337. The van der Waals surface area contributed by atoms with E-state index in [1.807, 2.05) is 24.3 Å². The van der Waals surface area contributed by atoms with Crippen LogP contribution in [0.4, 0.5) is 0 Å². The number of hydrogen-bond donors (Lipinski definition) is 1. The first-order chi connectivity index (χ1) is 7.70. The monoisotopic (exact) mass is 298 g/mol. The predicted octanol–water partition coefficient (Wildman–Crippen LogP) is 3.05. The molecule has 3 nitrogen and oxygen atoms in total. The highest BCUT2D eigenvalue weighted by Crippen LogP contribution is 2.26. The van der Waals surface area contributed by atoms with E-state index in [1.165, 1.54) is 0 Å². The molecule has 0 saturated carbocycles. The molecule has 1 heterocycles. The van der Waals surface area contributed by atoms with Gasteiger partial charge in [-0.2, -0.15) is 0 Å². The van der Waals surface area contributed by atoms with Crippen molar-refractivity contribution in [3.8, 4) is 11.3 Å². The van der Waals surface area contributed by atoms with E-state index in [0.717, 1.165) is 21.3 Å². The minimum Gasteiger partial charge on any atom is -0.392 e. The van der Waals surface area contributed by atoms with Crippen molar-refractivity contribution in [3.05, 3.63) is 45.8 Å². The summed E-state index contributed by atoms with van der Waals surface area (Å²) in [5.74, 6) is 0. The topological polar surface area (TPSA) is 46.0 Å². The second-order valence-electron chi connectivity index (χ2n) is 3.19. The van der Waals surface area contributed by atoms with E-state index in [1.54, 1.807) is 6.20 Å². The first-order valence-electron chi connectivity index (χ1n) is 4.59. The molecule has 0 aliphatic rings. The molecule has 1 aromatic heterocycles. The molecule has 0 aliphatic carbocycles. The maximum Gasteiger partial charge on any atom is 0.222 e. The van der Waals surface area contributed by atoms with E-state index < -0.39 is 0 Å². The van der Waals surface area contributed by atoms with Crippen molar-refractivity contribution in [2.45, 2.75) is 6.61 Å². The molecule has 0 saturated heterocycles. The number of benzene rings is 1. The van der Waals surface area contributed by atoms with Crippen LogP contribution in [0, 0.1) is 0 Å². The molecule has 1 N–H and O–H groups in total. The van der Waals surface area contributed by atoms with Crippen LogP contribution in [0.2, 0.25) is 5.28 Å². The van der Waals surface area contributed by atoms with Gasteiger partial charge in [0.2, 0.25) is 5.28 Å². The van der Waals surface area contributed by atoms with Crippen LogP contribution < -0.4 is 0 Å². The molecule has 0 spiro atoms. The number of hydrogen-bond acceptors (Lipinski definition) is 3. The lowest BCUT2D eigenvalue weighted by Crippen LogP contribution is -1.90. The molecule has 16 heavy (non-hydrogen) atoms. The van der Waals surface area contributed by atoms with Crippen LogP contribution in [-0.2, 0) is 6.61 Å². The summed E-state index contributed by atoms with van der Waals surface area (Å²) in [7, 11) is 0. The van der Waals surface area contributed by atoms with Crippen molar-refractivity contribution in [1.82, 2.24) is 9.97 Å². The average Bonchev–Trinajstić information content (AvgIpc) is 2.32. The van der Waals surface area contributed by atoms with Gasteiger partial charge in [-0.3, -0.25) is 0 Å². The number of halogens is 2. The van der Waals surface area contributed by atoms with Crippen LogP contribution in [0.5, 0.6) is 0 Å². The van der Waals surface area contributed by atoms with Crippen molar-refractivity contribution in [2.75, 3.05) is 0 Å². The van der Waals surface area contributed by atoms with Gasteiger partial charge in [0, 0.05) is 11.8 Å². The van der Waals surface area contributed by atoms with Gasteiger partial charge in [-0.1, -0.05) is 24.3 Å². The fourth-order valence-corrected chi connectivity index (χ4v) is 1.87. The summed E-state index contributed by atoms with van der Waals surface area (Å²) >= 11 is 9.11. The Bertz CT molecular complexity index is 502. The van der Waals surface area contributed by atoms with E-state index >= 15 is 0 Å². The van der Waals surface area contributed by atoms with Gasteiger partial charge in [-0.15, -0.1) is 0 Å². The normalized spacial score (nSPS) is 10.4. The molecule has 0 bridgehead atoms. The number of rotatable bonds is 2. The molecule has 0 atom stereocenters. The SMILES string of the molecule is OCc1ccc(-c2nc(Cl)ncc2Br)cc1. The Morgan fingerprint density at radius 1 is 1.25 bits per heavy atom. The third kappa shape index (κ3) is 2.40. The molecule has 2 aromatic rings.